The van der Waals surface area contributed by atoms with E-state index in [1.807, 2.05) is 14.0 Å². The molecule has 0 spiro atoms. The molecule has 1 heterocycles. The Morgan fingerprint density at radius 3 is 2.71 bits per heavy atom. The fourth-order valence-electron chi connectivity index (χ4n) is 1.99. The Morgan fingerprint density at radius 2 is 2.05 bits per heavy atom. The molecule has 0 aliphatic rings. The molecule has 4 nitrogen and oxygen atoms in total. The fourth-order valence-corrected chi connectivity index (χ4v) is 2.32. The number of hydrogen-bond acceptors (Lipinski definition) is 3. The van der Waals surface area contributed by atoms with E-state index in [-0.39, 0.29) is 0 Å². The molecule has 0 amide bonds. The van der Waals surface area contributed by atoms with Gasteiger partial charge in [-0.3, -0.25) is 0 Å². The van der Waals surface area contributed by atoms with Crippen LogP contribution in [0.4, 0.5) is 0 Å². The molecule has 0 bridgehead atoms. The predicted molar refractivity (Wildman–Crippen MR) is 86.5 cm³/mol. The number of hydrogen-bond donors (Lipinski definition) is 1. The Hall–Kier alpha value is -1.23. The van der Waals surface area contributed by atoms with E-state index in [1.54, 1.807) is 22.9 Å². The molecule has 6 heteroatoms. The maximum absolute atomic E-state index is 6.18. The highest BCUT2D eigenvalue weighted by atomic mass is 35.5. The van der Waals surface area contributed by atoms with Gasteiger partial charge in [0.1, 0.15) is 10.8 Å². The van der Waals surface area contributed by atoms with Crippen molar-refractivity contribution in [1.29, 1.82) is 0 Å². The summed E-state index contributed by atoms with van der Waals surface area (Å²) in [5, 5.41) is 8.66. The van der Waals surface area contributed by atoms with Crippen LogP contribution in [0.2, 0.25) is 10.0 Å². The molecule has 2 rings (SSSR count). The van der Waals surface area contributed by atoms with Gasteiger partial charge in [-0.2, -0.15) is 5.10 Å². The third kappa shape index (κ3) is 3.70. The van der Waals surface area contributed by atoms with E-state index in [2.05, 4.69) is 24.3 Å². The topological polar surface area (TPSA) is 39.1 Å². The van der Waals surface area contributed by atoms with E-state index < -0.39 is 0 Å². The predicted octanol–water partition coefficient (Wildman–Crippen LogP) is 4.33. The number of aromatic nitrogens is 2. The molecule has 0 unspecified atom stereocenters. The normalized spacial score (nSPS) is 11.2. The van der Waals surface area contributed by atoms with E-state index >= 15 is 0 Å². The van der Waals surface area contributed by atoms with E-state index in [0.717, 1.165) is 11.3 Å². The maximum atomic E-state index is 6.18. The summed E-state index contributed by atoms with van der Waals surface area (Å²) in [6.07, 6.45) is 0. The summed E-state index contributed by atoms with van der Waals surface area (Å²) in [4.78, 5) is 0. The molecule has 21 heavy (non-hydrogen) atoms. The minimum absolute atomic E-state index is 0.382. The highest BCUT2D eigenvalue weighted by Gasteiger charge is 2.17. The van der Waals surface area contributed by atoms with Gasteiger partial charge < -0.3 is 10.1 Å². The van der Waals surface area contributed by atoms with Crippen LogP contribution in [0.3, 0.4) is 0 Å². The van der Waals surface area contributed by atoms with E-state index in [4.69, 9.17) is 27.9 Å². The van der Waals surface area contributed by atoms with Gasteiger partial charge in [0.25, 0.3) is 0 Å². The minimum atomic E-state index is 0.382. The second-order valence-electron chi connectivity index (χ2n) is 5.18. The molecule has 1 aromatic carbocycles. The summed E-state index contributed by atoms with van der Waals surface area (Å²) < 4.78 is 7.66. The van der Waals surface area contributed by atoms with Gasteiger partial charge in [0.15, 0.2) is 0 Å². The number of nitrogens with one attached hydrogen (secondary N) is 1. The van der Waals surface area contributed by atoms with Crippen molar-refractivity contribution < 1.29 is 4.74 Å². The van der Waals surface area contributed by atoms with Crippen molar-refractivity contribution in [2.75, 3.05) is 0 Å². The van der Waals surface area contributed by atoms with Crippen molar-refractivity contribution in [1.82, 2.24) is 15.1 Å². The van der Waals surface area contributed by atoms with Crippen molar-refractivity contribution in [3.05, 3.63) is 39.5 Å². The molecule has 0 atom stereocenters. The number of rotatable bonds is 5. The zero-order valence-corrected chi connectivity index (χ0v) is 14.1. The van der Waals surface area contributed by atoms with Crippen LogP contribution >= 0.6 is 23.2 Å². The number of halogens is 2. The molecule has 0 radical (unpaired) electrons. The number of nitrogens with zero attached hydrogens (tertiary/aromatic N) is 2. The lowest BCUT2D eigenvalue weighted by molar-refractivity contribution is 0.422. The van der Waals surface area contributed by atoms with Gasteiger partial charge in [0.2, 0.25) is 5.88 Å². The van der Waals surface area contributed by atoms with Crippen molar-refractivity contribution in [3.8, 4) is 11.6 Å². The lowest BCUT2D eigenvalue weighted by Crippen LogP contribution is -2.22. The first kappa shape index (κ1) is 16.1. The highest BCUT2D eigenvalue weighted by Crippen LogP contribution is 2.36. The quantitative estimate of drug-likeness (QED) is 0.888. The van der Waals surface area contributed by atoms with Gasteiger partial charge in [-0.15, -0.1) is 0 Å². The van der Waals surface area contributed by atoms with Crippen LogP contribution in [0.15, 0.2) is 18.2 Å². The molecule has 0 saturated carbocycles. The Morgan fingerprint density at radius 1 is 1.33 bits per heavy atom. The fraction of sp³-hybridized carbons (Fsp3) is 0.400. The zero-order valence-electron chi connectivity index (χ0n) is 12.6. The second-order valence-corrected chi connectivity index (χ2v) is 5.97. The first-order valence-electron chi connectivity index (χ1n) is 6.78. The second kappa shape index (κ2) is 6.69. The van der Waals surface area contributed by atoms with Crippen LogP contribution in [-0.4, -0.2) is 15.8 Å². The lowest BCUT2D eigenvalue weighted by Gasteiger charge is -2.12. The summed E-state index contributed by atoms with van der Waals surface area (Å²) in [6, 6.07) is 5.70. The third-order valence-electron chi connectivity index (χ3n) is 3.10. The molecule has 1 N–H and O–H groups in total. The van der Waals surface area contributed by atoms with Crippen molar-refractivity contribution in [2.24, 2.45) is 7.05 Å². The molecular weight excluding hydrogens is 309 g/mol. The smallest absolute Gasteiger partial charge is 0.222 e. The minimum Gasteiger partial charge on any atom is -0.437 e. The molecule has 0 fully saturated rings. The van der Waals surface area contributed by atoms with Gasteiger partial charge >= 0.3 is 0 Å². The number of ether oxygens (including phenoxy) is 1. The summed E-state index contributed by atoms with van der Waals surface area (Å²) in [6.45, 7) is 6.84. The van der Waals surface area contributed by atoms with E-state index in [0.29, 0.717) is 34.3 Å². The van der Waals surface area contributed by atoms with Crippen LogP contribution in [0, 0.1) is 6.92 Å². The Labute approximate surface area is 135 Å². The van der Waals surface area contributed by atoms with Gasteiger partial charge in [0, 0.05) is 19.6 Å². The van der Waals surface area contributed by atoms with E-state index in [9.17, 15) is 0 Å². The third-order valence-corrected chi connectivity index (χ3v) is 3.90. The van der Waals surface area contributed by atoms with Crippen molar-refractivity contribution >= 4 is 23.2 Å². The van der Waals surface area contributed by atoms with Crippen LogP contribution in [-0.2, 0) is 13.6 Å². The van der Waals surface area contributed by atoms with Gasteiger partial charge in [-0.25, -0.2) is 4.68 Å². The average Bonchev–Trinajstić information content (AvgIpc) is 2.67. The largest absolute Gasteiger partial charge is 0.437 e. The SMILES string of the molecule is Cc1nn(C)c(Oc2cccc(Cl)c2Cl)c1CNC(C)C. The zero-order chi connectivity index (χ0) is 15.6. The molecule has 1 aromatic heterocycles. The monoisotopic (exact) mass is 327 g/mol. The lowest BCUT2D eigenvalue weighted by atomic mass is 10.2. The van der Waals surface area contributed by atoms with Crippen LogP contribution in [0.5, 0.6) is 11.6 Å². The molecule has 114 valence electrons. The molecule has 0 aliphatic heterocycles. The summed E-state index contributed by atoms with van der Waals surface area (Å²) >= 11 is 12.2. The van der Waals surface area contributed by atoms with Crippen LogP contribution < -0.4 is 10.1 Å². The molecule has 0 aliphatic carbocycles. The maximum Gasteiger partial charge on any atom is 0.222 e. The standard InChI is InChI=1S/C15H19Cl2N3O/c1-9(2)18-8-11-10(3)19-20(4)15(11)21-13-7-5-6-12(16)14(13)17/h5-7,9,18H,8H2,1-4H3. The van der Waals surface area contributed by atoms with Crippen molar-refractivity contribution in [3.63, 3.8) is 0 Å². The number of aryl methyl sites for hydroxylation is 2. The van der Waals surface area contributed by atoms with Gasteiger partial charge in [-0.05, 0) is 19.1 Å². The average molecular weight is 328 g/mol. The summed E-state index contributed by atoms with van der Waals surface area (Å²) in [5.74, 6) is 1.20. The highest BCUT2D eigenvalue weighted by molar-refractivity contribution is 6.42. The number of benzene rings is 1. The summed E-state index contributed by atoms with van der Waals surface area (Å²) in [7, 11) is 1.85. The van der Waals surface area contributed by atoms with E-state index in [1.165, 1.54) is 0 Å². The first-order chi connectivity index (χ1) is 9.90. The molecule has 0 saturated heterocycles. The van der Waals surface area contributed by atoms with Gasteiger partial charge in [0.05, 0.1) is 16.3 Å². The Bertz CT molecular complexity index is 638. The molecule has 2 aromatic rings. The molecular formula is C15H19Cl2N3O. The van der Waals surface area contributed by atoms with Crippen LogP contribution in [0.1, 0.15) is 25.1 Å². The van der Waals surface area contributed by atoms with Crippen LogP contribution in [0.25, 0.3) is 0 Å². The Kier molecular flexibility index (Phi) is 5.14. The first-order valence-corrected chi connectivity index (χ1v) is 7.53. The van der Waals surface area contributed by atoms with Crippen molar-refractivity contribution in [2.45, 2.75) is 33.4 Å². The van der Waals surface area contributed by atoms with Gasteiger partial charge in [-0.1, -0.05) is 43.1 Å². The Balaban J connectivity index is 2.33. The summed E-state index contributed by atoms with van der Waals surface area (Å²) in [5.41, 5.74) is 1.95.